The number of anilines is 1. The van der Waals surface area contributed by atoms with Gasteiger partial charge in [0.25, 0.3) is 0 Å². The number of nitrogens with one attached hydrogen (secondary N) is 1. The summed E-state index contributed by atoms with van der Waals surface area (Å²) in [6.45, 7) is 5.70. The van der Waals surface area contributed by atoms with E-state index in [4.69, 9.17) is 9.47 Å². The van der Waals surface area contributed by atoms with Crippen LogP contribution in [0.25, 0.3) is 0 Å². The minimum Gasteiger partial charge on any atom is -0.490 e. The molecule has 82 valence electrons. The van der Waals surface area contributed by atoms with Crippen molar-refractivity contribution in [3.05, 3.63) is 18.2 Å². The minimum absolute atomic E-state index is 0.426. The average Bonchev–Trinajstić information content (AvgIpc) is 2.41. The molecule has 0 aliphatic carbocycles. The fourth-order valence-electron chi connectivity index (χ4n) is 1.59. The average molecular weight is 207 g/mol. The maximum Gasteiger partial charge on any atom is 0.163 e. The van der Waals surface area contributed by atoms with Gasteiger partial charge in [-0.25, -0.2) is 0 Å². The van der Waals surface area contributed by atoms with E-state index in [9.17, 15) is 0 Å². The van der Waals surface area contributed by atoms with Gasteiger partial charge in [-0.2, -0.15) is 0 Å². The Balaban J connectivity index is 2.20. The summed E-state index contributed by atoms with van der Waals surface area (Å²) in [5, 5.41) is 3.34. The fraction of sp³-hybridized carbons (Fsp3) is 0.500. The maximum absolute atomic E-state index is 5.61. The zero-order chi connectivity index (χ0) is 10.7. The van der Waals surface area contributed by atoms with Crippen molar-refractivity contribution in [2.45, 2.75) is 26.3 Å². The van der Waals surface area contributed by atoms with Crippen molar-refractivity contribution in [2.24, 2.45) is 0 Å². The van der Waals surface area contributed by atoms with Crippen molar-refractivity contribution in [2.75, 3.05) is 18.5 Å². The SMILES string of the molecule is CC(C)Nc1ccc2c(c1)OCCCO2. The molecule has 0 saturated carbocycles. The molecular formula is C12H17NO2. The first-order valence-corrected chi connectivity index (χ1v) is 5.42. The van der Waals surface area contributed by atoms with Gasteiger partial charge >= 0.3 is 0 Å². The van der Waals surface area contributed by atoms with Crippen molar-refractivity contribution in [3.8, 4) is 11.5 Å². The lowest BCUT2D eigenvalue weighted by molar-refractivity contribution is 0.297. The summed E-state index contributed by atoms with van der Waals surface area (Å²) >= 11 is 0. The summed E-state index contributed by atoms with van der Waals surface area (Å²) in [5.74, 6) is 1.69. The van der Waals surface area contributed by atoms with Gasteiger partial charge in [-0.3, -0.25) is 0 Å². The summed E-state index contributed by atoms with van der Waals surface area (Å²) in [5.41, 5.74) is 1.08. The minimum atomic E-state index is 0.426. The van der Waals surface area contributed by atoms with Gasteiger partial charge in [-0.05, 0) is 26.0 Å². The highest BCUT2D eigenvalue weighted by Gasteiger charge is 2.10. The van der Waals surface area contributed by atoms with Gasteiger partial charge in [0.05, 0.1) is 13.2 Å². The van der Waals surface area contributed by atoms with Crippen LogP contribution in [0.3, 0.4) is 0 Å². The van der Waals surface area contributed by atoms with Gasteiger partial charge in [-0.1, -0.05) is 0 Å². The maximum atomic E-state index is 5.61. The van der Waals surface area contributed by atoms with E-state index in [0.29, 0.717) is 6.04 Å². The van der Waals surface area contributed by atoms with Crippen LogP contribution in [0, 0.1) is 0 Å². The molecule has 2 rings (SSSR count). The molecule has 0 spiro atoms. The van der Waals surface area contributed by atoms with E-state index in [2.05, 4.69) is 19.2 Å². The van der Waals surface area contributed by atoms with Crippen LogP contribution in [0.4, 0.5) is 5.69 Å². The number of ether oxygens (including phenoxy) is 2. The van der Waals surface area contributed by atoms with Crippen LogP contribution in [0.1, 0.15) is 20.3 Å². The monoisotopic (exact) mass is 207 g/mol. The van der Waals surface area contributed by atoms with Crippen LogP contribution < -0.4 is 14.8 Å². The first-order valence-electron chi connectivity index (χ1n) is 5.42. The first kappa shape index (κ1) is 10.1. The lowest BCUT2D eigenvalue weighted by Crippen LogP contribution is -2.09. The third-order valence-corrected chi connectivity index (χ3v) is 2.20. The summed E-state index contributed by atoms with van der Waals surface area (Å²) in [7, 11) is 0. The molecular weight excluding hydrogens is 190 g/mol. The van der Waals surface area contributed by atoms with E-state index in [1.807, 2.05) is 18.2 Å². The fourth-order valence-corrected chi connectivity index (χ4v) is 1.59. The van der Waals surface area contributed by atoms with Gasteiger partial charge in [0.15, 0.2) is 11.5 Å². The molecule has 0 atom stereocenters. The molecule has 1 heterocycles. The molecule has 1 aromatic carbocycles. The molecule has 0 aromatic heterocycles. The third-order valence-electron chi connectivity index (χ3n) is 2.20. The quantitative estimate of drug-likeness (QED) is 0.808. The molecule has 3 nitrogen and oxygen atoms in total. The van der Waals surface area contributed by atoms with Gasteiger partial charge in [0.1, 0.15) is 0 Å². The number of benzene rings is 1. The van der Waals surface area contributed by atoms with Crippen LogP contribution in [-0.4, -0.2) is 19.3 Å². The summed E-state index contributed by atoms with van der Waals surface area (Å²) in [6, 6.07) is 6.41. The van der Waals surface area contributed by atoms with Crippen molar-refractivity contribution in [3.63, 3.8) is 0 Å². The highest BCUT2D eigenvalue weighted by atomic mass is 16.5. The second kappa shape index (κ2) is 4.43. The Kier molecular flexibility index (Phi) is 2.99. The second-order valence-corrected chi connectivity index (χ2v) is 4.01. The van der Waals surface area contributed by atoms with Crippen molar-refractivity contribution in [1.82, 2.24) is 0 Å². The van der Waals surface area contributed by atoms with E-state index in [0.717, 1.165) is 36.8 Å². The Labute approximate surface area is 90.4 Å². The number of fused-ring (bicyclic) bond motifs is 1. The summed E-state index contributed by atoms with van der Waals surface area (Å²) in [4.78, 5) is 0. The Morgan fingerprint density at radius 3 is 2.60 bits per heavy atom. The molecule has 0 amide bonds. The normalized spacial score (nSPS) is 14.9. The van der Waals surface area contributed by atoms with E-state index >= 15 is 0 Å². The zero-order valence-corrected chi connectivity index (χ0v) is 9.25. The third kappa shape index (κ3) is 2.55. The van der Waals surface area contributed by atoms with Crippen LogP contribution in [0.5, 0.6) is 11.5 Å². The van der Waals surface area contributed by atoms with Gasteiger partial charge in [0, 0.05) is 24.2 Å². The summed E-state index contributed by atoms with van der Waals surface area (Å²) < 4.78 is 11.2. The smallest absolute Gasteiger partial charge is 0.163 e. The lowest BCUT2D eigenvalue weighted by Gasteiger charge is -2.13. The van der Waals surface area contributed by atoms with Gasteiger partial charge in [-0.15, -0.1) is 0 Å². The van der Waals surface area contributed by atoms with Crippen molar-refractivity contribution in [1.29, 1.82) is 0 Å². The van der Waals surface area contributed by atoms with E-state index in [1.54, 1.807) is 0 Å². The predicted octanol–water partition coefficient (Wildman–Crippen LogP) is 2.67. The Bertz CT molecular complexity index is 336. The van der Waals surface area contributed by atoms with Crippen molar-refractivity contribution >= 4 is 5.69 Å². The Morgan fingerprint density at radius 2 is 1.87 bits per heavy atom. The standard InChI is InChI=1S/C12H17NO2/c1-9(2)13-10-4-5-11-12(8-10)15-7-3-6-14-11/h4-5,8-9,13H,3,6-7H2,1-2H3. The van der Waals surface area contributed by atoms with Crippen molar-refractivity contribution < 1.29 is 9.47 Å². The van der Waals surface area contributed by atoms with Crippen LogP contribution in [0.2, 0.25) is 0 Å². The molecule has 3 heteroatoms. The molecule has 0 radical (unpaired) electrons. The molecule has 0 saturated heterocycles. The highest BCUT2D eigenvalue weighted by molar-refractivity contribution is 5.55. The highest BCUT2D eigenvalue weighted by Crippen LogP contribution is 2.32. The first-order chi connectivity index (χ1) is 7.25. The largest absolute Gasteiger partial charge is 0.490 e. The molecule has 0 fully saturated rings. The predicted molar refractivity (Wildman–Crippen MR) is 60.8 cm³/mol. The molecule has 1 aliphatic rings. The number of hydrogen-bond donors (Lipinski definition) is 1. The van der Waals surface area contributed by atoms with E-state index in [1.165, 1.54) is 0 Å². The Morgan fingerprint density at radius 1 is 1.13 bits per heavy atom. The lowest BCUT2D eigenvalue weighted by atomic mass is 10.2. The molecule has 0 bridgehead atoms. The summed E-state index contributed by atoms with van der Waals surface area (Å²) in [6.07, 6.45) is 0.946. The Hall–Kier alpha value is -1.38. The topological polar surface area (TPSA) is 30.5 Å². The second-order valence-electron chi connectivity index (χ2n) is 4.01. The molecule has 1 N–H and O–H groups in total. The van der Waals surface area contributed by atoms with Crippen LogP contribution in [0.15, 0.2) is 18.2 Å². The van der Waals surface area contributed by atoms with E-state index in [-0.39, 0.29) is 0 Å². The number of hydrogen-bond acceptors (Lipinski definition) is 3. The van der Waals surface area contributed by atoms with Crippen LogP contribution in [-0.2, 0) is 0 Å². The van der Waals surface area contributed by atoms with E-state index < -0.39 is 0 Å². The molecule has 15 heavy (non-hydrogen) atoms. The molecule has 0 unspecified atom stereocenters. The molecule has 1 aliphatic heterocycles. The van der Waals surface area contributed by atoms with Gasteiger partial charge in [0.2, 0.25) is 0 Å². The van der Waals surface area contributed by atoms with Gasteiger partial charge < -0.3 is 14.8 Å². The molecule has 1 aromatic rings. The zero-order valence-electron chi connectivity index (χ0n) is 9.25. The number of rotatable bonds is 2. The van der Waals surface area contributed by atoms with Crippen LogP contribution >= 0.6 is 0 Å².